The second kappa shape index (κ2) is 5.67. The highest BCUT2D eigenvalue weighted by Crippen LogP contribution is 2.29. The van der Waals surface area contributed by atoms with E-state index in [9.17, 15) is 17.9 Å². The summed E-state index contributed by atoms with van der Waals surface area (Å²) in [5.41, 5.74) is 0.303. The number of furan rings is 1. The molecule has 0 aliphatic rings. The topological polar surface area (TPSA) is 79.5 Å². The van der Waals surface area contributed by atoms with Crippen molar-refractivity contribution in [1.29, 1.82) is 0 Å². The van der Waals surface area contributed by atoms with Crippen LogP contribution in [0.25, 0.3) is 0 Å². The minimum atomic E-state index is -3.98. The van der Waals surface area contributed by atoms with Gasteiger partial charge in [0.1, 0.15) is 22.2 Å². The lowest BCUT2D eigenvalue weighted by Gasteiger charge is -2.09. The quantitative estimate of drug-likeness (QED) is 0.901. The van der Waals surface area contributed by atoms with Crippen LogP contribution in [0.1, 0.15) is 17.1 Å². The number of anilines is 1. The van der Waals surface area contributed by atoms with Gasteiger partial charge in [0.2, 0.25) is 0 Å². The molecule has 0 saturated heterocycles. The molecule has 0 saturated carbocycles. The van der Waals surface area contributed by atoms with Crippen molar-refractivity contribution >= 4 is 27.3 Å². The Hall–Kier alpha value is -1.57. The number of hydrogen-bond acceptors (Lipinski definition) is 4. The molecule has 0 unspecified atom stereocenters. The molecule has 0 radical (unpaired) electrons. The molecule has 2 aromatic rings. The molecule has 0 spiro atoms. The highest BCUT2D eigenvalue weighted by Gasteiger charge is 2.26. The van der Waals surface area contributed by atoms with Crippen molar-refractivity contribution in [2.75, 3.05) is 4.72 Å². The third kappa shape index (κ3) is 3.04. The van der Waals surface area contributed by atoms with Crippen LogP contribution in [0.2, 0.25) is 5.02 Å². The first kappa shape index (κ1) is 15.8. The summed E-state index contributed by atoms with van der Waals surface area (Å²) in [5.74, 6) is -0.157. The van der Waals surface area contributed by atoms with Gasteiger partial charge in [-0.3, -0.25) is 4.72 Å². The minimum Gasteiger partial charge on any atom is -0.465 e. The average molecular weight is 334 g/mol. The number of aliphatic hydroxyl groups excluding tert-OH is 1. The van der Waals surface area contributed by atoms with E-state index < -0.39 is 22.4 Å². The molecule has 8 heteroatoms. The molecule has 0 aliphatic heterocycles. The van der Waals surface area contributed by atoms with Gasteiger partial charge in [-0.05, 0) is 32.0 Å². The summed E-state index contributed by atoms with van der Waals surface area (Å²) >= 11 is 5.61. The number of rotatable bonds is 4. The van der Waals surface area contributed by atoms with Gasteiger partial charge in [0.15, 0.2) is 0 Å². The van der Waals surface area contributed by atoms with E-state index >= 15 is 0 Å². The van der Waals surface area contributed by atoms with Gasteiger partial charge in [-0.15, -0.1) is 0 Å². The molecule has 0 aliphatic carbocycles. The maximum Gasteiger partial charge on any atom is 0.265 e. The van der Waals surface area contributed by atoms with E-state index in [1.807, 2.05) is 0 Å². The normalized spacial score (nSPS) is 11.7. The molecule has 0 amide bonds. The molecule has 21 heavy (non-hydrogen) atoms. The third-order valence-electron chi connectivity index (χ3n) is 2.92. The Bertz CT molecular complexity index is 786. The fourth-order valence-corrected chi connectivity index (χ4v) is 3.68. The van der Waals surface area contributed by atoms with Crippen LogP contribution >= 0.6 is 11.6 Å². The predicted molar refractivity (Wildman–Crippen MR) is 76.3 cm³/mol. The molecule has 2 N–H and O–H groups in total. The summed E-state index contributed by atoms with van der Waals surface area (Å²) in [7, 11) is -3.98. The van der Waals surface area contributed by atoms with Crippen molar-refractivity contribution in [2.45, 2.75) is 25.3 Å². The lowest BCUT2D eigenvalue weighted by molar-refractivity contribution is 0.276. The average Bonchev–Trinajstić information content (AvgIpc) is 2.68. The summed E-state index contributed by atoms with van der Waals surface area (Å²) in [4.78, 5) is -0.122. The smallest absolute Gasteiger partial charge is 0.265 e. The first-order valence-corrected chi connectivity index (χ1v) is 7.80. The largest absolute Gasteiger partial charge is 0.465 e. The van der Waals surface area contributed by atoms with E-state index in [1.54, 1.807) is 6.92 Å². The van der Waals surface area contributed by atoms with Crippen LogP contribution < -0.4 is 4.72 Å². The van der Waals surface area contributed by atoms with Gasteiger partial charge in [-0.2, -0.15) is 0 Å². The van der Waals surface area contributed by atoms with Gasteiger partial charge < -0.3 is 9.52 Å². The first-order valence-electron chi connectivity index (χ1n) is 5.94. The van der Waals surface area contributed by atoms with Crippen molar-refractivity contribution in [2.24, 2.45) is 0 Å². The molecule has 2 rings (SSSR count). The summed E-state index contributed by atoms with van der Waals surface area (Å²) in [6, 6.07) is 3.47. The number of aliphatic hydroxyl groups is 1. The minimum absolute atomic E-state index is 0.114. The zero-order valence-corrected chi connectivity index (χ0v) is 12.8. The van der Waals surface area contributed by atoms with Crippen LogP contribution in [0.4, 0.5) is 10.1 Å². The number of aryl methyl sites for hydroxylation is 2. The van der Waals surface area contributed by atoms with E-state index in [2.05, 4.69) is 4.72 Å². The Morgan fingerprint density at radius 2 is 2.00 bits per heavy atom. The molecular weight excluding hydrogens is 321 g/mol. The highest BCUT2D eigenvalue weighted by molar-refractivity contribution is 7.92. The van der Waals surface area contributed by atoms with Crippen molar-refractivity contribution in [3.05, 3.63) is 46.1 Å². The van der Waals surface area contributed by atoms with Crippen LogP contribution in [0, 0.1) is 19.7 Å². The monoisotopic (exact) mass is 333 g/mol. The standard InChI is InChI=1S/C13H13ClFNO4S/c1-7-10(6-17)13(8(2)20-7)21(18,19)16-9-3-4-12(15)11(14)5-9/h3-5,16-17H,6H2,1-2H3. The van der Waals surface area contributed by atoms with Crippen LogP contribution in [-0.2, 0) is 16.6 Å². The molecular formula is C13H13ClFNO4S. The van der Waals surface area contributed by atoms with Crippen molar-refractivity contribution < 1.29 is 22.3 Å². The molecule has 0 bridgehead atoms. The SMILES string of the molecule is Cc1oc(C)c(S(=O)(=O)Nc2ccc(F)c(Cl)c2)c1CO. The maximum absolute atomic E-state index is 13.1. The summed E-state index contributed by atoms with van der Waals surface area (Å²) in [5, 5.41) is 9.10. The fraction of sp³-hybridized carbons (Fsp3) is 0.231. The van der Waals surface area contributed by atoms with E-state index in [4.69, 9.17) is 16.0 Å². The molecule has 1 heterocycles. The molecule has 5 nitrogen and oxygen atoms in total. The summed E-state index contributed by atoms with van der Waals surface area (Å²) < 4.78 is 45.4. The van der Waals surface area contributed by atoms with E-state index in [1.165, 1.54) is 13.0 Å². The third-order valence-corrected chi connectivity index (χ3v) is 4.79. The van der Waals surface area contributed by atoms with Gasteiger partial charge in [-0.1, -0.05) is 11.6 Å². The second-order valence-corrected chi connectivity index (χ2v) is 6.44. The maximum atomic E-state index is 13.1. The number of benzene rings is 1. The van der Waals surface area contributed by atoms with Crippen LogP contribution in [0.15, 0.2) is 27.5 Å². The lowest BCUT2D eigenvalue weighted by atomic mass is 10.2. The first-order chi connectivity index (χ1) is 9.76. The number of sulfonamides is 1. The van der Waals surface area contributed by atoms with Crippen molar-refractivity contribution in [1.82, 2.24) is 0 Å². The molecule has 114 valence electrons. The lowest BCUT2D eigenvalue weighted by Crippen LogP contribution is -2.15. The zero-order valence-electron chi connectivity index (χ0n) is 11.3. The molecule has 0 atom stereocenters. The number of halogens is 2. The van der Waals surface area contributed by atoms with E-state index in [0.717, 1.165) is 12.1 Å². The van der Waals surface area contributed by atoms with Crippen molar-refractivity contribution in [3.8, 4) is 0 Å². The number of hydrogen-bond donors (Lipinski definition) is 2. The Morgan fingerprint density at radius 1 is 1.33 bits per heavy atom. The fourth-order valence-electron chi connectivity index (χ4n) is 2.01. The van der Waals surface area contributed by atoms with E-state index in [-0.39, 0.29) is 26.9 Å². The predicted octanol–water partition coefficient (Wildman–Crippen LogP) is 2.98. The summed E-state index contributed by atoms with van der Waals surface area (Å²) in [6.07, 6.45) is 0. The van der Waals surface area contributed by atoms with Gasteiger partial charge in [0, 0.05) is 5.56 Å². The molecule has 1 aromatic carbocycles. The van der Waals surface area contributed by atoms with Crippen molar-refractivity contribution in [3.63, 3.8) is 0 Å². The Kier molecular flexibility index (Phi) is 4.27. The Labute approximate surface area is 126 Å². The second-order valence-electron chi connectivity index (χ2n) is 4.41. The van der Waals surface area contributed by atoms with Crippen LogP contribution in [-0.4, -0.2) is 13.5 Å². The van der Waals surface area contributed by atoms with Gasteiger partial charge in [0.25, 0.3) is 10.0 Å². The zero-order chi connectivity index (χ0) is 15.8. The number of nitrogens with one attached hydrogen (secondary N) is 1. The summed E-state index contributed by atoms with van der Waals surface area (Å²) in [6.45, 7) is 2.58. The highest BCUT2D eigenvalue weighted by atomic mass is 35.5. The van der Waals surface area contributed by atoms with Gasteiger partial charge in [-0.25, -0.2) is 12.8 Å². The van der Waals surface area contributed by atoms with E-state index in [0.29, 0.717) is 5.76 Å². The Balaban J connectivity index is 2.45. The Morgan fingerprint density at radius 3 is 2.57 bits per heavy atom. The van der Waals surface area contributed by atoms with Gasteiger partial charge >= 0.3 is 0 Å². The van der Waals surface area contributed by atoms with Crippen LogP contribution in [0.3, 0.4) is 0 Å². The molecule has 0 fully saturated rings. The van der Waals surface area contributed by atoms with Crippen LogP contribution in [0.5, 0.6) is 0 Å². The molecule has 1 aromatic heterocycles. The van der Waals surface area contributed by atoms with Gasteiger partial charge in [0.05, 0.1) is 17.3 Å².